The normalized spacial score (nSPS) is 11.7. The third-order valence-electron chi connectivity index (χ3n) is 5.17. The molecule has 4 N–H and O–H groups in total. The van der Waals surface area contributed by atoms with Crippen molar-refractivity contribution in [2.45, 2.75) is 24.8 Å². The number of H-pyrrole nitrogens is 1. The third-order valence-corrected chi connectivity index (χ3v) is 5.91. The Morgan fingerprint density at radius 1 is 1.15 bits per heavy atom. The molecule has 0 unspecified atom stereocenters. The molecule has 7 nitrogen and oxygen atoms in total. The van der Waals surface area contributed by atoms with Gasteiger partial charge >= 0.3 is 0 Å². The predicted molar refractivity (Wildman–Crippen MR) is 133 cm³/mol. The Balaban J connectivity index is 1.48. The van der Waals surface area contributed by atoms with Gasteiger partial charge in [-0.15, -0.1) is 11.8 Å². The van der Waals surface area contributed by atoms with Gasteiger partial charge in [0.2, 0.25) is 0 Å². The smallest absolute Gasteiger partial charge is 0.255 e. The zero-order chi connectivity index (χ0) is 23.4. The molecule has 0 bridgehead atoms. The van der Waals surface area contributed by atoms with Gasteiger partial charge in [0.1, 0.15) is 6.10 Å². The van der Waals surface area contributed by atoms with E-state index >= 15 is 0 Å². The Bertz CT molecular complexity index is 1270. The summed E-state index contributed by atoms with van der Waals surface area (Å²) in [5.41, 5.74) is 10.8. The van der Waals surface area contributed by atoms with E-state index in [-0.39, 0.29) is 12.0 Å². The highest BCUT2D eigenvalue weighted by Crippen LogP contribution is 2.31. The molecular weight excluding hydrogens is 434 g/mol. The van der Waals surface area contributed by atoms with Gasteiger partial charge < -0.3 is 15.8 Å². The summed E-state index contributed by atoms with van der Waals surface area (Å²) in [5.74, 6) is 0.625. The van der Waals surface area contributed by atoms with Crippen molar-refractivity contribution in [3.05, 3.63) is 83.7 Å². The number of nitrogens with one attached hydrogen (secondary N) is 2. The van der Waals surface area contributed by atoms with Crippen molar-refractivity contribution < 1.29 is 9.53 Å². The number of thioether (sulfide) groups is 1. The van der Waals surface area contributed by atoms with Crippen LogP contribution in [0.1, 0.15) is 34.6 Å². The maximum atomic E-state index is 12.6. The molecule has 0 spiro atoms. The lowest BCUT2D eigenvalue weighted by molar-refractivity contribution is 0.102. The average Bonchev–Trinajstić information content (AvgIpc) is 3.27. The number of amides is 1. The second-order valence-corrected chi connectivity index (χ2v) is 8.48. The topological polar surface area (TPSA) is 106 Å². The van der Waals surface area contributed by atoms with Gasteiger partial charge in [0.25, 0.3) is 5.91 Å². The molecule has 0 fully saturated rings. The second kappa shape index (κ2) is 9.79. The van der Waals surface area contributed by atoms with Gasteiger partial charge in [-0.3, -0.25) is 9.89 Å². The molecule has 0 saturated heterocycles. The Morgan fingerprint density at radius 3 is 2.64 bits per heavy atom. The standard InChI is InChI=1S/C25H25N5O2S/c1-15-11-22(30-29-15)19-13-23(24(26)27-14-19)32-16(2)18-5-4-6-20(12-18)28-25(31)17-7-9-21(33-3)10-8-17/h4-14,16H,1-3H3,(H2,26,27)(H,28,31)(H,29,30)/t16-/m1/s1. The van der Waals surface area contributed by atoms with E-state index < -0.39 is 0 Å². The predicted octanol–water partition coefficient (Wildman–Crippen LogP) is 5.48. The number of benzene rings is 2. The Kier molecular flexibility index (Phi) is 6.65. The number of nitrogens with zero attached hydrogens (tertiary/aromatic N) is 2. The first-order valence-corrected chi connectivity index (χ1v) is 11.7. The SMILES string of the molecule is CSc1ccc(C(=O)Nc2cccc([C@@H](C)Oc3cc(-c4cc(C)n[nH]4)cnc3N)c2)cc1. The number of aryl methyl sites for hydroxylation is 1. The van der Waals surface area contributed by atoms with Crippen molar-refractivity contribution in [1.82, 2.24) is 15.2 Å². The van der Waals surface area contributed by atoms with E-state index in [1.807, 2.05) is 80.8 Å². The van der Waals surface area contributed by atoms with Crippen LogP contribution in [-0.2, 0) is 0 Å². The highest BCUT2D eigenvalue weighted by atomic mass is 32.2. The molecule has 33 heavy (non-hydrogen) atoms. The number of hydrogen-bond acceptors (Lipinski definition) is 6. The quantitative estimate of drug-likeness (QED) is 0.316. The van der Waals surface area contributed by atoms with Crippen LogP contribution < -0.4 is 15.8 Å². The molecule has 8 heteroatoms. The van der Waals surface area contributed by atoms with Gasteiger partial charge in [-0.05, 0) is 74.2 Å². The lowest BCUT2D eigenvalue weighted by Crippen LogP contribution is -2.12. The maximum absolute atomic E-state index is 12.6. The summed E-state index contributed by atoms with van der Waals surface area (Å²) >= 11 is 1.64. The fourth-order valence-corrected chi connectivity index (χ4v) is 3.75. The Hall–Kier alpha value is -3.78. The highest BCUT2D eigenvalue weighted by Gasteiger charge is 2.14. The van der Waals surface area contributed by atoms with Gasteiger partial charge in [-0.1, -0.05) is 12.1 Å². The van der Waals surface area contributed by atoms with E-state index in [1.54, 1.807) is 18.0 Å². The number of anilines is 2. The summed E-state index contributed by atoms with van der Waals surface area (Å²) in [5, 5.41) is 10.1. The summed E-state index contributed by atoms with van der Waals surface area (Å²) in [6.45, 7) is 3.84. The van der Waals surface area contributed by atoms with E-state index in [9.17, 15) is 4.79 Å². The van der Waals surface area contributed by atoms with Crippen LogP contribution in [0.3, 0.4) is 0 Å². The first-order valence-electron chi connectivity index (χ1n) is 10.4. The van der Waals surface area contributed by atoms with Crippen molar-refractivity contribution in [3.8, 4) is 17.0 Å². The van der Waals surface area contributed by atoms with Crippen molar-refractivity contribution in [2.75, 3.05) is 17.3 Å². The molecule has 4 rings (SSSR count). The van der Waals surface area contributed by atoms with Gasteiger partial charge in [-0.25, -0.2) is 4.98 Å². The summed E-state index contributed by atoms with van der Waals surface area (Å²) in [6, 6.07) is 18.8. The van der Waals surface area contributed by atoms with Crippen LogP contribution in [0.2, 0.25) is 0 Å². The van der Waals surface area contributed by atoms with E-state index in [0.717, 1.165) is 27.4 Å². The number of aromatic nitrogens is 3. The minimum Gasteiger partial charge on any atom is -0.482 e. The number of nitrogen functional groups attached to an aromatic ring is 1. The van der Waals surface area contributed by atoms with Crippen LogP contribution >= 0.6 is 11.8 Å². The third kappa shape index (κ3) is 5.35. The number of ether oxygens (including phenoxy) is 1. The number of pyridine rings is 1. The van der Waals surface area contributed by atoms with E-state index in [1.165, 1.54) is 0 Å². The van der Waals surface area contributed by atoms with Crippen LogP contribution in [0.4, 0.5) is 11.5 Å². The monoisotopic (exact) mass is 459 g/mol. The number of rotatable bonds is 7. The molecule has 0 radical (unpaired) electrons. The fraction of sp³-hybridized carbons (Fsp3) is 0.160. The molecule has 1 amide bonds. The van der Waals surface area contributed by atoms with Crippen molar-refractivity contribution in [2.24, 2.45) is 0 Å². The summed E-state index contributed by atoms with van der Waals surface area (Å²) in [6.07, 6.45) is 3.37. The molecule has 4 aromatic rings. The minimum absolute atomic E-state index is 0.163. The molecule has 2 aromatic heterocycles. The summed E-state index contributed by atoms with van der Waals surface area (Å²) < 4.78 is 6.13. The lowest BCUT2D eigenvalue weighted by Gasteiger charge is -2.17. The van der Waals surface area contributed by atoms with E-state index in [0.29, 0.717) is 22.8 Å². The molecule has 0 aliphatic rings. The van der Waals surface area contributed by atoms with Gasteiger partial charge in [0.05, 0.1) is 11.4 Å². The van der Waals surface area contributed by atoms with Crippen molar-refractivity contribution in [1.29, 1.82) is 0 Å². The number of hydrogen-bond donors (Lipinski definition) is 3. The fourth-order valence-electron chi connectivity index (χ4n) is 3.34. The molecule has 0 aliphatic heterocycles. The van der Waals surface area contributed by atoms with Crippen LogP contribution in [0.5, 0.6) is 5.75 Å². The zero-order valence-corrected chi connectivity index (χ0v) is 19.4. The molecule has 1 atom stereocenters. The van der Waals surface area contributed by atoms with Crippen LogP contribution in [0.15, 0.2) is 71.8 Å². The van der Waals surface area contributed by atoms with Crippen LogP contribution in [-0.4, -0.2) is 27.3 Å². The largest absolute Gasteiger partial charge is 0.482 e. The number of nitrogens with two attached hydrogens (primary N) is 1. The van der Waals surface area contributed by atoms with Crippen molar-refractivity contribution in [3.63, 3.8) is 0 Å². The molecule has 168 valence electrons. The number of aromatic amines is 1. The molecule has 2 aromatic carbocycles. The van der Waals surface area contributed by atoms with Crippen molar-refractivity contribution >= 4 is 29.2 Å². The van der Waals surface area contributed by atoms with E-state index in [4.69, 9.17) is 10.5 Å². The Labute approximate surface area is 196 Å². The number of carbonyl (C=O) groups excluding carboxylic acids is 1. The molecule has 0 aliphatic carbocycles. The first kappa shape index (κ1) is 22.4. The van der Waals surface area contributed by atoms with E-state index in [2.05, 4.69) is 20.5 Å². The van der Waals surface area contributed by atoms with Gasteiger partial charge in [0, 0.05) is 27.9 Å². The first-order chi connectivity index (χ1) is 15.9. The Morgan fingerprint density at radius 2 is 1.94 bits per heavy atom. The zero-order valence-electron chi connectivity index (χ0n) is 18.6. The second-order valence-electron chi connectivity index (χ2n) is 7.60. The summed E-state index contributed by atoms with van der Waals surface area (Å²) in [7, 11) is 0. The number of carbonyl (C=O) groups is 1. The van der Waals surface area contributed by atoms with Crippen LogP contribution in [0, 0.1) is 6.92 Å². The molecular formula is C25H25N5O2S. The minimum atomic E-state index is -0.314. The molecule has 0 saturated carbocycles. The average molecular weight is 460 g/mol. The summed E-state index contributed by atoms with van der Waals surface area (Å²) in [4.78, 5) is 18.0. The van der Waals surface area contributed by atoms with Gasteiger partial charge in [0.15, 0.2) is 11.6 Å². The molecule has 2 heterocycles. The van der Waals surface area contributed by atoms with Gasteiger partial charge in [-0.2, -0.15) is 5.10 Å². The lowest BCUT2D eigenvalue weighted by atomic mass is 10.1. The highest BCUT2D eigenvalue weighted by molar-refractivity contribution is 7.98. The van der Waals surface area contributed by atoms with Crippen LogP contribution in [0.25, 0.3) is 11.3 Å². The maximum Gasteiger partial charge on any atom is 0.255 e.